The molecule has 1 fully saturated rings. The van der Waals surface area contributed by atoms with E-state index in [9.17, 15) is 19.2 Å². The summed E-state index contributed by atoms with van der Waals surface area (Å²) < 4.78 is 5.02. The van der Waals surface area contributed by atoms with Crippen LogP contribution in [0.25, 0.3) is 0 Å². The molecule has 0 aliphatic carbocycles. The predicted octanol–water partition coefficient (Wildman–Crippen LogP) is 0.730. The van der Waals surface area contributed by atoms with E-state index in [0.29, 0.717) is 37.2 Å². The zero-order valence-corrected chi connectivity index (χ0v) is 15.3. The van der Waals surface area contributed by atoms with Crippen LogP contribution >= 0.6 is 0 Å². The number of benzene rings is 1. The number of carbonyl (C=O) groups excluding carboxylic acids is 3. The van der Waals surface area contributed by atoms with Crippen LogP contribution in [0.5, 0.6) is 5.75 Å². The molecular weight excluding hydrogens is 364 g/mol. The van der Waals surface area contributed by atoms with Gasteiger partial charge in [0.15, 0.2) is 0 Å². The number of carbonyl (C=O) groups is 3. The number of piperidine rings is 1. The number of aromatic nitrogens is 2. The molecule has 3 rings (SSSR count). The zero-order chi connectivity index (χ0) is 20.1. The van der Waals surface area contributed by atoms with Crippen molar-refractivity contribution in [3.05, 3.63) is 58.0 Å². The van der Waals surface area contributed by atoms with Gasteiger partial charge in [0.1, 0.15) is 11.4 Å². The van der Waals surface area contributed by atoms with Crippen LogP contribution < -0.4 is 15.6 Å². The van der Waals surface area contributed by atoms with Gasteiger partial charge in [0.25, 0.3) is 17.4 Å². The lowest BCUT2D eigenvalue weighted by Gasteiger charge is -2.32. The Morgan fingerprint density at radius 3 is 2.57 bits per heavy atom. The number of ether oxygens (including phenoxy) is 1. The highest BCUT2D eigenvalue weighted by Crippen LogP contribution is 2.18. The molecule has 146 valence electrons. The minimum atomic E-state index is -0.446. The number of H-pyrrole nitrogens is 1. The van der Waals surface area contributed by atoms with E-state index in [0.717, 1.165) is 0 Å². The van der Waals surface area contributed by atoms with Gasteiger partial charge in [0.2, 0.25) is 0 Å². The summed E-state index contributed by atoms with van der Waals surface area (Å²) >= 11 is 0. The Labute approximate surface area is 160 Å². The molecule has 2 amide bonds. The Morgan fingerprint density at radius 2 is 1.93 bits per heavy atom. The smallest absolute Gasteiger partial charge is 0.308 e. The van der Waals surface area contributed by atoms with Crippen molar-refractivity contribution >= 4 is 17.8 Å². The number of nitrogens with one attached hydrogen (secondary N) is 2. The molecule has 1 aliphatic heterocycles. The molecule has 1 aromatic carbocycles. The number of rotatable bonds is 4. The van der Waals surface area contributed by atoms with Crippen LogP contribution in [0.4, 0.5) is 0 Å². The molecule has 0 bridgehead atoms. The molecule has 1 aliphatic rings. The monoisotopic (exact) mass is 384 g/mol. The van der Waals surface area contributed by atoms with Crippen molar-refractivity contribution in [3.8, 4) is 5.75 Å². The van der Waals surface area contributed by atoms with Gasteiger partial charge in [-0.1, -0.05) is 6.07 Å². The second-order valence-electron chi connectivity index (χ2n) is 6.47. The number of hydrogen-bond donors (Lipinski definition) is 2. The fourth-order valence-electron chi connectivity index (χ4n) is 3.00. The molecule has 28 heavy (non-hydrogen) atoms. The zero-order valence-electron chi connectivity index (χ0n) is 15.3. The normalized spacial score (nSPS) is 14.4. The molecule has 2 heterocycles. The maximum absolute atomic E-state index is 12.7. The van der Waals surface area contributed by atoms with Gasteiger partial charge in [-0.2, -0.15) is 5.10 Å². The summed E-state index contributed by atoms with van der Waals surface area (Å²) in [7, 11) is 0. The first-order valence-electron chi connectivity index (χ1n) is 8.87. The molecule has 0 atom stereocenters. The van der Waals surface area contributed by atoms with Crippen LogP contribution in [-0.4, -0.2) is 52.0 Å². The number of nitrogens with zero attached hydrogens (tertiary/aromatic N) is 2. The standard InChI is InChI=1S/C19H20N4O5/c1-12(24)28-15-4-2-3-13(11-15)19(27)23-9-7-14(8-10-23)20-18(26)16-5-6-17(25)22-21-16/h2-6,11,14H,7-10H2,1H3,(H,20,26)(H,22,25). The van der Waals surface area contributed by atoms with Gasteiger partial charge >= 0.3 is 5.97 Å². The summed E-state index contributed by atoms with van der Waals surface area (Å²) in [6.45, 7) is 2.28. The largest absolute Gasteiger partial charge is 0.427 e. The van der Waals surface area contributed by atoms with E-state index in [2.05, 4.69) is 15.5 Å². The summed E-state index contributed by atoms with van der Waals surface area (Å²) in [5.74, 6) is -0.636. The molecular formula is C19H20N4O5. The van der Waals surface area contributed by atoms with E-state index >= 15 is 0 Å². The summed E-state index contributed by atoms with van der Waals surface area (Å²) in [4.78, 5) is 48.6. The van der Waals surface area contributed by atoms with E-state index in [-0.39, 0.29) is 29.1 Å². The minimum Gasteiger partial charge on any atom is -0.427 e. The van der Waals surface area contributed by atoms with Crippen molar-refractivity contribution in [1.29, 1.82) is 0 Å². The lowest BCUT2D eigenvalue weighted by molar-refractivity contribution is -0.131. The van der Waals surface area contributed by atoms with Crippen molar-refractivity contribution in [2.45, 2.75) is 25.8 Å². The van der Waals surface area contributed by atoms with Gasteiger partial charge < -0.3 is 15.0 Å². The Balaban J connectivity index is 1.55. The second kappa shape index (κ2) is 8.47. The summed E-state index contributed by atoms with van der Waals surface area (Å²) in [6.07, 6.45) is 1.20. The van der Waals surface area contributed by atoms with Crippen LogP contribution in [0.1, 0.15) is 40.6 Å². The van der Waals surface area contributed by atoms with E-state index in [1.807, 2.05) is 0 Å². The third-order valence-corrected chi connectivity index (χ3v) is 4.37. The Kier molecular flexibility index (Phi) is 5.83. The molecule has 2 N–H and O–H groups in total. The molecule has 0 radical (unpaired) electrons. The topological polar surface area (TPSA) is 121 Å². The molecule has 0 saturated carbocycles. The number of hydrogen-bond acceptors (Lipinski definition) is 6. The first-order chi connectivity index (χ1) is 13.4. The number of aromatic amines is 1. The summed E-state index contributed by atoms with van der Waals surface area (Å²) in [5, 5.41) is 8.79. The molecule has 0 spiro atoms. The average molecular weight is 384 g/mol. The lowest BCUT2D eigenvalue weighted by Crippen LogP contribution is -2.46. The van der Waals surface area contributed by atoms with Crippen LogP contribution in [0.2, 0.25) is 0 Å². The molecule has 2 aromatic rings. The number of esters is 1. The maximum Gasteiger partial charge on any atom is 0.308 e. The van der Waals surface area contributed by atoms with Gasteiger partial charge in [-0.25, -0.2) is 5.10 Å². The van der Waals surface area contributed by atoms with Gasteiger partial charge in [-0.3, -0.25) is 19.2 Å². The number of likely N-dealkylation sites (tertiary alicyclic amines) is 1. The first-order valence-corrected chi connectivity index (χ1v) is 8.87. The molecule has 1 aromatic heterocycles. The fourth-order valence-corrected chi connectivity index (χ4v) is 3.00. The van der Waals surface area contributed by atoms with Crippen molar-refractivity contribution in [1.82, 2.24) is 20.4 Å². The number of amides is 2. The highest BCUT2D eigenvalue weighted by atomic mass is 16.5. The van der Waals surface area contributed by atoms with Gasteiger partial charge in [-0.15, -0.1) is 0 Å². The summed E-state index contributed by atoms with van der Waals surface area (Å²) in [5.41, 5.74) is 0.209. The third-order valence-electron chi connectivity index (χ3n) is 4.37. The third kappa shape index (κ3) is 4.81. The van der Waals surface area contributed by atoms with Crippen LogP contribution in [0.3, 0.4) is 0 Å². The SMILES string of the molecule is CC(=O)Oc1cccc(C(=O)N2CCC(NC(=O)c3ccc(=O)[nH]n3)CC2)c1. The fraction of sp³-hybridized carbons (Fsp3) is 0.316. The maximum atomic E-state index is 12.7. The van der Waals surface area contributed by atoms with E-state index in [1.165, 1.54) is 19.1 Å². The van der Waals surface area contributed by atoms with Crippen LogP contribution in [0.15, 0.2) is 41.2 Å². The highest BCUT2D eigenvalue weighted by Gasteiger charge is 2.25. The van der Waals surface area contributed by atoms with Crippen LogP contribution in [0, 0.1) is 0 Å². The molecule has 0 unspecified atom stereocenters. The van der Waals surface area contributed by atoms with Crippen LogP contribution in [-0.2, 0) is 4.79 Å². The van der Waals surface area contributed by atoms with Crippen molar-refractivity contribution in [2.24, 2.45) is 0 Å². The lowest BCUT2D eigenvalue weighted by atomic mass is 10.0. The highest BCUT2D eigenvalue weighted by molar-refractivity contribution is 5.95. The van der Waals surface area contributed by atoms with Gasteiger partial charge in [-0.05, 0) is 37.1 Å². The second-order valence-corrected chi connectivity index (χ2v) is 6.47. The van der Waals surface area contributed by atoms with E-state index < -0.39 is 5.97 Å². The Bertz CT molecular complexity index is 927. The molecule has 1 saturated heterocycles. The van der Waals surface area contributed by atoms with Crippen molar-refractivity contribution in [2.75, 3.05) is 13.1 Å². The van der Waals surface area contributed by atoms with Crippen molar-refractivity contribution in [3.63, 3.8) is 0 Å². The molecule has 9 nitrogen and oxygen atoms in total. The van der Waals surface area contributed by atoms with Gasteiger partial charge in [0, 0.05) is 37.7 Å². The Hall–Kier alpha value is -3.49. The van der Waals surface area contributed by atoms with E-state index in [1.54, 1.807) is 29.2 Å². The quantitative estimate of drug-likeness (QED) is 0.592. The predicted molar refractivity (Wildman–Crippen MR) is 99.0 cm³/mol. The first kappa shape index (κ1) is 19.3. The average Bonchev–Trinajstić information content (AvgIpc) is 2.68. The summed E-state index contributed by atoms with van der Waals surface area (Å²) in [6, 6.07) is 9.01. The van der Waals surface area contributed by atoms with E-state index in [4.69, 9.17) is 4.74 Å². The molecule has 9 heteroatoms. The van der Waals surface area contributed by atoms with Gasteiger partial charge in [0.05, 0.1) is 0 Å². The minimum absolute atomic E-state index is 0.0855. The Morgan fingerprint density at radius 1 is 1.18 bits per heavy atom. The van der Waals surface area contributed by atoms with Crippen molar-refractivity contribution < 1.29 is 19.1 Å².